The fourth-order valence-electron chi connectivity index (χ4n) is 2.58. The number of carbonyl (C=O) groups excluding carboxylic acids is 1. The smallest absolute Gasteiger partial charge is 0.328 e. The normalized spacial score (nSPS) is 12.1. The van der Waals surface area contributed by atoms with E-state index in [9.17, 15) is 9.59 Å². The van der Waals surface area contributed by atoms with Crippen LogP contribution in [0.1, 0.15) is 19.9 Å². The summed E-state index contributed by atoms with van der Waals surface area (Å²) < 4.78 is 11.5. The summed E-state index contributed by atoms with van der Waals surface area (Å²) in [7, 11) is 1.61. The minimum Gasteiger partial charge on any atom is -0.497 e. The van der Waals surface area contributed by atoms with Gasteiger partial charge in [-0.3, -0.25) is 9.36 Å². The van der Waals surface area contributed by atoms with Crippen molar-refractivity contribution in [3.05, 3.63) is 46.3 Å². The van der Waals surface area contributed by atoms with Gasteiger partial charge in [0.2, 0.25) is 0 Å². The molecule has 3 aromatic rings. The molecule has 0 saturated heterocycles. The molecule has 3 rings (SSSR count). The summed E-state index contributed by atoms with van der Waals surface area (Å²) in [6.07, 6.45) is 1.40. The molecule has 2 heterocycles. The summed E-state index contributed by atoms with van der Waals surface area (Å²) >= 11 is 1.40. The molecule has 0 aliphatic rings. The monoisotopic (exact) mass is 358 g/mol. The third-order valence-corrected chi connectivity index (χ3v) is 4.85. The van der Waals surface area contributed by atoms with E-state index >= 15 is 0 Å². The van der Waals surface area contributed by atoms with Crippen molar-refractivity contribution in [2.45, 2.75) is 19.9 Å². The highest BCUT2D eigenvalue weighted by Gasteiger charge is 2.21. The standard InChI is InChI=1S/C18H18N2O4S/c1-4-24-18(22)11(2)20-10-19-16-15(17(20)21)14(9-25-16)12-5-7-13(23-3)8-6-12/h5-11H,4H2,1-3H3/t11-/m0/s1. The second-order valence-corrected chi connectivity index (χ2v) is 6.30. The summed E-state index contributed by atoms with van der Waals surface area (Å²) in [6, 6.07) is 6.75. The van der Waals surface area contributed by atoms with E-state index in [1.54, 1.807) is 21.0 Å². The van der Waals surface area contributed by atoms with Gasteiger partial charge in [-0.15, -0.1) is 11.3 Å². The highest BCUT2D eigenvalue weighted by molar-refractivity contribution is 7.17. The number of hydrogen-bond acceptors (Lipinski definition) is 6. The van der Waals surface area contributed by atoms with Gasteiger partial charge in [-0.05, 0) is 31.5 Å². The first-order chi connectivity index (χ1) is 12.1. The van der Waals surface area contributed by atoms with Gasteiger partial charge in [-0.2, -0.15) is 0 Å². The van der Waals surface area contributed by atoms with Crippen molar-refractivity contribution in [1.29, 1.82) is 0 Å². The number of ether oxygens (including phenoxy) is 2. The maximum atomic E-state index is 13.0. The Morgan fingerprint density at radius 2 is 2.04 bits per heavy atom. The summed E-state index contributed by atoms with van der Waals surface area (Å²) in [5, 5.41) is 2.41. The van der Waals surface area contributed by atoms with Gasteiger partial charge in [0.1, 0.15) is 16.6 Å². The van der Waals surface area contributed by atoms with Crippen molar-refractivity contribution in [3.63, 3.8) is 0 Å². The molecule has 25 heavy (non-hydrogen) atoms. The fourth-order valence-corrected chi connectivity index (χ4v) is 3.49. The average molecular weight is 358 g/mol. The van der Waals surface area contributed by atoms with Crippen molar-refractivity contribution in [2.75, 3.05) is 13.7 Å². The first-order valence-electron chi connectivity index (χ1n) is 7.86. The molecule has 0 aliphatic carbocycles. The van der Waals surface area contributed by atoms with Crippen LogP contribution in [0.2, 0.25) is 0 Å². The molecule has 2 aromatic heterocycles. The van der Waals surface area contributed by atoms with E-state index in [1.165, 1.54) is 22.2 Å². The van der Waals surface area contributed by atoms with Crippen LogP contribution in [0.25, 0.3) is 21.3 Å². The number of benzene rings is 1. The number of carbonyl (C=O) groups is 1. The zero-order valence-corrected chi connectivity index (χ0v) is 15.0. The van der Waals surface area contributed by atoms with Crippen LogP contribution in [-0.4, -0.2) is 29.2 Å². The molecule has 0 spiro atoms. The molecule has 0 amide bonds. The lowest BCUT2D eigenvalue weighted by atomic mass is 10.1. The predicted octanol–water partition coefficient (Wildman–Crippen LogP) is 3.26. The third kappa shape index (κ3) is 3.15. The molecule has 130 valence electrons. The highest BCUT2D eigenvalue weighted by Crippen LogP contribution is 2.31. The topological polar surface area (TPSA) is 70.4 Å². The van der Waals surface area contributed by atoms with Gasteiger partial charge in [-0.1, -0.05) is 12.1 Å². The lowest BCUT2D eigenvalue weighted by molar-refractivity contribution is -0.146. The quantitative estimate of drug-likeness (QED) is 0.655. The molecular formula is C18H18N2O4S. The van der Waals surface area contributed by atoms with Gasteiger partial charge in [0.15, 0.2) is 0 Å². The zero-order valence-electron chi connectivity index (χ0n) is 14.2. The van der Waals surface area contributed by atoms with Crippen molar-refractivity contribution < 1.29 is 14.3 Å². The van der Waals surface area contributed by atoms with Crippen LogP contribution in [0.5, 0.6) is 5.75 Å². The van der Waals surface area contributed by atoms with Crippen LogP contribution >= 0.6 is 11.3 Å². The van der Waals surface area contributed by atoms with Crippen LogP contribution in [0.15, 0.2) is 40.8 Å². The average Bonchev–Trinajstić information content (AvgIpc) is 3.07. The first-order valence-corrected chi connectivity index (χ1v) is 8.74. The molecule has 0 bridgehead atoms. The van der Waals surface area contributed by atoms with E-state index in [4.69, 9.17) is 9.47 Å². The summed E-state index contributed by atoms with van der Waals surface area (Å²) in [4.78, 5) is 29.9. The molecule has 1 aromatic carbocycles. The number of esters is 1. The minimum absolute atomic E-state index is 0.252. The van der Waals surface area contributed by atoms with Crippen molar-refractivity contribution >= 4 is 27.5 Å². The zero-order chi connectivity index (χ0) is 18.0. The number of aromatic nitrogens is 2. The Kier molecular flexibility index (Phi) is 4.85. The number of nitrogens with zero attached hydrogens (tertiary/aromatic N) is 2. The lowest BCUT2D eigenvalue weighted by Gasteiger charge is -2.13. The Morgan fingerprint density at radius 3 is 2.68 bits per heavy atom. The van der Waals surface area contributed by atoms with Gasteiger partial charge < -0.3 is 9.47 Å². The molecule has 7 heteroatoms. The maximum Gasteiger partial charge on any atom is 0.328 e. The van der Waals surface area contributed by atoms with E-state index in [1.807, 2.05) is 29.6 Å². The van der Waals surface area contributed by atoms with Gasteiger partial charge in [0, 0.05) is 10.9 Å². The number of hydrogen-bond donors (Lipinski definition) is 0. The number of thiophene rings is 1. The SMILES string of the molecule is CCOC(=O)[C@H](C)n1cnc2scc(-c3ccc(OC)cc3)c2c1=O. The first kappa shape index (κ1) is 17.2. The number of methoxy groups -OCH3 is 1. The molecule has 0 aliphatic heterocycles. The van der Waals surface area contributed by atoms with Crippen LogP contribution in [-0.2, 0) is 9.53 Å². The Morgan fingerprint density at radius 1 is 1.32 bits per heavy atom. The minimum atomic E-state index is -0.729. The molecule has 6 nitrogen and oxygen atoms in total. The molecule has 0 N–H and O–H groups in total. The molecule has 1 atom stereocenters. The number of rotatable bonds is 5. The van der Waals surface area contributed by atoms with Crippen LogP contribution in [0.4, 0.5) is 0 Å². The van der Waals surface area contributed by atoms with E-state index in [0.717, 1.165) is 16.9 Å². The Labute approximate surface area is 148 Å². The summed E-state index contributed by atoms with van der Waals surface area (Å²) in [5.41, 5.74) is 1.44. The van der Waals surface area contributed by atoms with Gasteiger partial charge in [0.05, 0.1) is 25.4 Å². The maximum absolute atomic E-state index is 13.0. The van der Waals surface area contributed by atoms with E-state index in [0.29, 0.717) is 10.2 Å². The van der Waals surface area contributed by atoms with Crippen LogP contribution < -0.4 is 10.3 Å². The predicted molar refractivity (Wildman–Crippen MR) is 97.2 cm³/mol. The second-order valence-electron chi connectivity index (χ2n) is 5.44. The van der Waals surface area contributed by atoms with Crippen molar-refractivity contribution in [2.24, 2.45) is 0 Å². The van der Waals surface area contributed by atoms with E-state index < -0.39 is 12.0 Å². The van der Waals surface area contributed by atoms with Gasteiger partial charge >= 0.3 is 5.97 Å². The summed E-state index contributed by atoms with van der Waals surface area (Å²) in [6.45, 7) is 3.63. The second kappa shape index (κ2) is 7.06. The Hall–Kier alpha value is -2.67. The van der Waals surface area contributed by atoms with Crippen molar-refractivity contribution in [1.82, 2.24) is 9.55 Å². The van der Waals surface area contributed by atoms with E-state index in [-0.39, 0.29) is 12.2 Å². The molecule has 0 radical (unpaired) electrons. The molecular weight excluding hydrogens is 340 g/mol. The van der Waals surface area contributed by atoms with E-state index in [2.05, 4.69) is 4.98 Å². The fraction of sp³-hybridized carbons (Fsp3) is 0.278. The Balaban J connectivity index is 2.11. The Bertz CT molecular complexity index is 959. The van der Waals surface area contributed by atoms with Gasteiger partial charge in [0.25, 0.3) is 5.56 Å². The van der Waals surface area contributed by atoms with Crippen LogP contribution in [0.3, 0.4) is 0 Å². The lowest BCUT2D eigenvalue weighted by Crippen LogP contribution is -2.29. The highest BCUT2D eigenvalue weighted by atomic mass is 32.1. The van der Waals surface area contributed by atoms with Gasteiger partial charge in [-0.25, -0.2) is 9.78 Å². The summed E-state index contributed by atoms with van der Waals surface area (Å²) in [5.74, 6) is 0.293. The molecule has 0 saturated carbocycles. The van der Waals surface area contributed by atoms with Crippen LogP contribution in [0, 0.1) is 0 Å². The third-order valence-electron chi connectivity index (χ3n) is 3.97. The molecule has 0 fully saturated rings. The largest absolute Gasteiger partial charge is 0.497 e. The van der Waals surface area contributed by atoms with Crippen molar-refractivity contribution in [3.8, 4) is 16.9 Å². The molecule has 0 unspecified atom stereocenters. The number of fused-ring (bicyclic) bond motifs is 1.